The van der Waals surface area contributed by atoms with E-state index in [2.05, 4.69) is 10.9 Å². The number of nitrogens with zero attached hydrogens (tertiary/aromatic N) is 1. The standard InChI is InChI=1S/C22H21N3O5/c1-15(26)25-12-11-16-7-5-6-10-18(16)19(25)13-21(28)30-14-20(27)23-24-22(29)17-8-3-2-4-9-17/h2-12,19H,13-14H2,1H3,(H,23,27)(H,24,29)/t19-/m0/s1. The van der Waals surface area contributed by atoms with E-state index in [0.29, 0.717) is 5.56 Å². The summed E-state index contributed by atoms with van der Waals surface area (Å²) in [6.07, 6.45) is 3.33. The van der Waals surface area contributed by atoms with Crippen molar-refractivity contribution < 1.29 is 23.9 Å². The fourth-order valence-corrected chi connectivity index (χ4v) is 3.10. The van der Waals surface area contributed by atoms with Gasteiger partial charge in [0.05, 0.1) is 12.5 Å². The highest BCUT2D eigenvalue weighted by Gasteiger charge is 2.28. The second-order valence-corrected chi connectivity index (χ2v) is 6.62. The number of esters is 1. The van der Waals surface area contributed by atoms with Crippen LogP contribution in [-0.2, 0) is 19.1 Å². The summed E-state index contributed by atoms with van der Waals surface area (Å²) >= 11 is 0. The van der Waals surface area contributed by atoms with Gasteiger partial charge in [-0.15, -0.1) is 0 Å². The van der Waals surface area contributed by atoms with E-state index >= 15 is 0 Å². The Labute approximate surface area is 173 Å². The molecule has 154 valence electrons. The third kappa shape index (κ3) is 5.11. The summed E-state index contributed by atoms with van der Waals surface area (Å²) in [4.78, 5) is 49.5. The largest absolute Gasteiger partial charge is 0.455 e. The number of hydrazine groups is 1. The minimum Gasteiger partial charge on any atom is -0.455 e. The molecule has 8 nitrogen and oxygen atoms in total. The normalized spacial score (nSPS) is 14.4. The molecule has 1 aliphatic heterocycles. The molecule has 0 fully saturated rings. The van der Waals surface area contributed by atoms with Crippen molar-refractivity contribution in [3.8, 4) is 0 Å². The Morgan fingerprint density at radius 2 is 1.67 bits per heavy atom. The lowest BCUT2D eigenvalue weighted by Crippen LogP contribution is -2.43. The molecule has 0 aliphatic carbocycles. The van der Waals surface area contributed by atoms with Gasteiger partial charge in [0.1, 0.15) is 0 Å². The van der Waals surface area contributed by atoms with Gasteiger partial charge in [-0.05, 0) is 29.3 Å². The highest BCUT2D eigenvalue weighted by atomic mass is 16.5. The van der Waals surface area contributed by atoms with Crippen LogP contribution in [0.1, 0.15) is 40.9 Å². The van der Waals surface area contributed by atoms with Gasteiger partial charge in [-0.2, -0.15) is 0 Å². The number of fused-ring (bicyclic) bond motifs is 1. The third-order valence-electron chi connectivity index (χ3n) is 4.54. The van der Waals surface area contributed by atoms with Crippen LogP contribution < -0.4 is 10.9 Å². The van der Waals surface area contributed by atoms with Crippen LogP contribution in [0.25, 0.3) is 6.08 Å². The molecule has 2 aromatic carbocycles. The van der Waals surface area contributed by atoms with E-state index in [1.807, 2.05) is 24.3 Å². The zero-order valence-electron chi connectivity index (χ0n) is 16.3. The number of amides is 3. The van der Waals surface area contributed by atoms with Crippen molar-refractivity contribution in [1.82, 2.24) is 15.8 Å². The molecule has 3 amide bonds. The fourth-order valence-electron chi connectivity index (χ4n) is 3.10. The molecule has 8 heteroatoms. The number of rotatable bonds is 5. The van der Waals surface area contributed by atoms with Gasteiger partial charge < -0.3 is 9.64 Å². The molecule has 0 unspecified atom stereocenters. The maximum absolute atomic E-state index is 12.3. The monoisotopic (exact) mass is 407 g/mol. The van der Waals surface area contributed by atoms with E-state index in [9.17, 15) is 19.2 Å². The van der Waals surface area contributed by atoms with Crippen LogP contribution in [0.5, 0.6) is 0 Å². The number of benzene rings is 2. The maximum Gasteiger partial charge on any atom is 0.308 e. The summed E-state index contributed by atoms with van der Waals surface area (Å²) in [5, 5.41) is 0. The van der Waals surface area contributed by atoms with Gasteiger partial charge in [-0.3, -0.25) is 30.0 Å². The highest BCUT2D eigenvalue weighted by molar-refractivity contribution is 5.95. The predicted molar refractivity (Wildman–Crippen MR) is 108 cm³/mol. The van der Waals surface area contributed by atoms with Gasteiger partial charge in [0.15, 0.2) is 6.61 Å². The first-order valence-corrected chi connectivity index (χ1v) is 9.31. The summed E-state index contributed by atoms with van der Waals surface area (Å²) in [6, 6.07) is 15.3. The summed E-state index contributed by atoms with van der Waals surface area (Å²) in [7, 11) is 0. The van der Waals surface area contributed by atoms with E-state index in [1.165, 1.54) is 11.8 Å². The summed E-state index contributed by atoms with van der Waals surface area (Å²) in [6.45, 7) is 0.859. The van der Waals surface area contributed by atoms with Crippen molar-refractivity contribution in [1.29, 1.82) is 0 Å². The summed E-state index contributed by atoms with van der Waals surface area (Å²) in [5.74, 6) is -2.02. The van der Waals surface area contributed by atoms with Crippen molar-refractivity contribution in [2.45, 2.75) is 19.4 Å². The molecule has 1 aliphatic rings. The summed E-state index contributed by atoms with van der Waals surface area (Å²) in [5.41, 5.74) is 6.55. The molecule has 1 heterocycles. The molecule has 2 N–H and O–H groups in total. The first kappa shape index (κ1) is 20.8. The first-order chi connectivity index (χ1) is 14.5. The average Bonchev–Trinajstić information content (AvgIpc) is 2.76. The topological polar surface area (TPSA) is 105 Å². The third-order valence-corrected chi connectivity index (χ3v) is 4.54. The van der Waals surface area contributed by atoms with Crippen LogP contribution in [0.2, 0.25) is 0 Å². The Hall–Kier alpha value is -3.94. The SMILES string of the molecule is CC(=O)N1C=Cc2ccccc2[C@@H]1CC(=O)OCC(=O)NNC(=O)c1ccccc1. The van der Waals surface area contributed by atoms with Crippen LogP contribution in [0.4, 0.5) is 0 Å². The number of hydrogen-bond donors (Lipinski definition) is 2. The van der Waals surface area contributed by atoms with Gasteiger partial charge in [0.25, 0.3) is 11.8 Å². The average molecular weight is 407 g/mol. The number of carbonyl (C=O) groups excluding carboxylic acids is 4. The lowest BCUT2D eigenvalue weighted by Gasteiger charge is -2.32. The molecular formula is C22H21N3O5. The fraction of sp³-hybridized carbons (Fsp3) is 0.182. The van der Waals surface area contributed by atoms with Crippen molar-refractivity contribution in [2.75, 3.05) is 6.61 Å². The van der Waals surface area contributed by atoms with Crippen LogP contribution in [0, 0.1) is 0 Å². The Morgan fingerprint density at radius 3 is 2.40 bits per heavy atom. The van der Waals surface area contributed by atoms with E-state index in [-0.39, 0.29) is 12.3 Å². The number of ether oxygens (including phenoxy) is 1. The molecule has 2 aromatic rings. The van der Waals surface area contributed by atoms with E-state index < -0.39 is 30.4 Å². The van der Waals surface area contributed by atoms with Gasteiger partial charge in [-0.25, -0.2) is 0 Å². The first-order valence-electron chi connectivity index (χ1n) is 9.31. The molecule has 0 aromatic heterocycles. The Kier molecular flexibility index (Phi) is 6.59. The number of hydrogen-bond acceptors (Lipinski definition) is 5. The minimum atomic E-state index is -0.681. The van der Waals surface area contributed by atoms with E-state index in [4.69, 9.17) is 4.74 Å². The molecular weight excluding hydrogens is 386 g/mol. The molecule has 0 radical (unpaired) electrons. The van der Waals surface area contributed by atoms with Crippen LogP contribution in [-0.4, -0.2) is 35.2 Å². The maximum atomic E-state index is 12.3. The van der Waals surface area contributed by atoms with Gasteiger partial charge in [0, 0.05) is 18.7 Å². The van der Waals surface area contributed by atoms with Crippen LogP contribution >= 0.6 is 0 Å². The molecule has 1 atom stereocenters. The van der Waals surface area contributed by atoms with Gasteiger partial charge in [0.2, 0.25) is 5.91 Å². The predicted octanol–water partition coefficient (Wildman–Crippen LogP) is 1.95. The lowest BCUT2D eigenvalue weighted by molar-refractivity contribution is -0.150. The van der Waals surface area contributed by atoms with Crippen molar-refractivity contribution in [3.63, 3.8) is 0 Å². The Balaban J connectivity index is 1.52. The zero-order valence-corrected chi connectivity index (χ0v) is 16.3. The smallest absolute Gasteiger partial charge is 0.308 e. The highest BCUT2D eigenvalue weighted by Crippen LogP contribution is 2.32. The van der Waals surface area contributed by atoms with Crippen molar-refractivity contribution >= 4 is 29.8 Å². The van der Waals surface area contributed by atoms with Crippen molar-refractivity contribution in [3.05, 3.63) is 77.5 Å². The lowest BCUT2D eigenvalue weighted by atomic mass is 9.94. The van der Waals surface area contributed by atoms with Gasteiger partial charge >= 0.3 is 5.97 Å². The van der Waals surface area contributed by atoms with E-state index in [0.717, 1.165) is 11.1 Å². The quantitative estimate of drug-likeness (QED) is 0.582. The van der Waals surface area contributed by atoms with Crippen LogP contribution in [0.15, 0.2) is 60.8 Å². The second-order valence-electron chi connectivity index (χ2n) is 6.62. The molecule has 0 saturated heterocycles. The molecule has 30 heavy (non-hydrogen) atoms. The van der Waals surface area contributed by atoms with Crippen molar-refractivity contribution in [2.24, 2.45) is 0 Å². The van der Waals surface area contributed by atoms with E-state index in [1.54, 1.807) is 42.6 Å². The Bertz CT molecular complexity index is 987. The van der Waals surface area contributed by atoms with Gasteiger partial charge in [-0.1, -0.05) is 42.5 Å². The molecule has 0 spiro atoms. The zero-order chi connectivity index (χ0) is 21.5. The second kappa shape index (κ2) is 9.51. The molecule has 0 saturated carbocycles. The number of carbonyl (C=O) groups is 4. The minimum absolute atomic E-state index is 0.107. The Morgan fingerprint density at radius 1 is 0.967 bits per heavy atom. The summed E-state index contributed by atoms with van der Waals surface area (Å²) < 4.78 is 5.02. The molecule has 3 rings (SSSR count). The molecule has 0 bridgehead atoms. The van der Waals surface area contributed by atoms with Crippen LogP contribution in [0.3, 0.4) is 0 Å². The number of nitrogens with one attached hydrogen (secondary N) is 2.